The van der Waals surface area contributed by atoms with Gasteiger partial charge in [-0.3, -0.25) is 0 Å². The summed E-state index contributed by atoms with van der Waals surface area (Å²) in [4.78, 5) is 3.97. The molecule has 2 rings (SSSR count). The molecular weight excluding hydrogens is 276 g/mol. The first-order chi connectivity index (χ1) is 9.64. The second-order valence-electron chi connectivity index (χ2n) is 4.42. The van der Waals surface area contributed by atoms with Crippen molar-refractivity contribution >= 4 is 10.0 Å². The van der Waals surface area contributed by atoms with Gasteiger partial charge in [-0.2, -0.15) is 0 Å². The zero-order valence-electron chi connectivity index (χ0n) is 11.4. The molecule has 0 saturated carbocycles. The Hall–Kier alpha value is -1.82. The second kappa shape index (κ2) is 6.56. The molecule has 0 aliphatic carbocycles. The molecule has 0 N–H and O–H groups in total. The van der Waals surface area contributed by atoms with Gasteiger partial charge in [0.2, 0.25) is 0 Å². The summed E-state index contributed by atoms with van der Waals surface area (Å²) in [6, 6.07) is 6.44. The lowest BCUT2D eigenvalue weighted by molar-refractivity contribution is 0.306. The SMILES string of the molecule is CCCCCOc1ccc(S(=O)(=O)n2ccnc2)cc1. The molecule has 5 nitrogen and oxygen atoms in total. The normalized spacial score (nSPS) is 11.4. The summed E-state index contributed by atoms with van der Waals surface area (Å²) in [5.41, 5.74) is 0. The first-order valence-corrected chi connectivity index (χ1v) is 8.05. The van der Waals surface area contributed by atoms with E-state index >= 15 is 0 Å². The molecule has 1 aromatic carbocycles. The van der Waals surface area contributed by atoms with Gasteiger partial charge in [-0.15, -0.1) is 0 Å². The van der Waals surface area contributed by atoms with Gasteiger partial charge in [0.25, 0.3) is 10.0 Å². The molecule has 0 amide bonds. The van der Waals surface area contributed by atoms with Crippen molar-refractivity contribution in [2.75, 3.05) is 6.61 Å². The number of hydrogen-bond donors (Lipinski definition) is 0. The largest absolute Gasteiger partial charge is 0.494 e. The first kappa shape index (κ1) is 14.6. The number of unbranched alkanes of at least 4 members (excludes halogenated alkanes) is 2. The summed E-state index contributed by atoms with van der Waals surface area (Å²) in [7, 11) is -3.54. The zero-order chi connectivity index (χ0) is 14.4. The van der Waals surface area contributed by atoms with Gasteiger partial charge in [-0.05, 0) is 30.7 Å². The van der Waals surface area contributed by atoms with Gasteiger partial charge in [-0.1, -0.05) is 19.8 Å². The molecule has 6 heteroatoms. The van der Waals surface area contributed by atoms with Crippen LogP contribution in [-0.2, 0) is 10.0 Å². The number of aromatic nitrogens is 2. The number of nitrogens with zero attached hydrogens (tertiary/aromatic N) is 2. The highest BCUT2D eigenvalue weighted by molar-refractivity contribution is 7.90. The van der Waals surface area contributed by atoms with E-state index in [1.807, 2.05) is 0 Å². The van der Waals surface area contributed by atoms with Gasteiger partial charge >= 0.3 is 0 Å². The monoisotopic (exact) mass is 294 g/mol. The van der Waals surface area contributed by atoms with Gasteiger partial charge in [0.15, 0.2) is 0 Å². The van der Waals surface area contributed by atoms with Crippen LogP contribution in [0.3, 0.4) is 0 Å². The van der Waals surface area contributed by atoms with Crippen molar-refractivity contribution in [3.63, 3.8) is 0 Å². The average molecular weight is 294 g/mol. The molecule has 0 bridgehead atoms. The van der Waals surface area contributed by atoms with Crippen LogP contribution in [0.15, 0.2) is 47.9 Å². The summed E-state index contributed by atoms with van der Waals surface area (Å²) in [5.74, 6) is 0.686. The highest BCUT2D eigenvalue weighted by atomic mass is 32.2. The van der Waals surface area contributed by atoms with Crippen molar-refractivity contribution in [2.24, 2.45) is 0 Å². The van der Waals surface area contributed by atoms with Gasteiger partial charge in [0, 0.05) is 12.4 Å². The van der Waals surface area contributed by atoms with E-state index in [-0.39, 0.29) is 4.90 Å². The second-order valence-corrected chi connectivity index (χ2v) is 6.27. The Morgan fingerprint density at radius 3 is 2.55 bits per heavy atom. The van der Waals surface area contributed by atoms with E-state index in [1.165, 1.54) is 18.7 Å². The minimum Gasteiger partial charge on any atom is -0.494 e. The van der Waals surface area contributed by atoms with E-state index in [0.29, 0.717) is 12.4 Å². The molecule has 0 atom stereocenters. The van der Waals surface area contributed by atoms with Crippen molar-refractivity contribution < 1.29 is 13.2 Å². The van der Waals surface area contributed by atoms with E-state index in [4.69, 9.17) is 4.74 Å². The third-order valence-corrected chi connectivity index (χ3v) is 4.53. The van der Waals surface area contributed by atoms with Crippen molar-refractivity contribution in [3.05, 3.63) is 43.0 Å². The minimum absolute atomic E-state index is 0.219. The lowest BCUT2D eigenvalue weighted by atomic mass is 10.3. The maximum absolute atomic E-state index is 12.2. The quantitative estimate of drug-likeness (QED) is 0.737. The number of rotatable bonds is 7. The Morgan fingerprint density at radius 2 is 1.95 bits per heavy atom. The average Bonchev–Trinajstić information content (AvgIpc) is 2.99. The number of imidazole rings is 1. The van der Waals surface area contributed by atoms with E-state index in [9.17, 15) is 8.42 Å². The Morgan fingerprint density at radius 1 is 1.20 bits per heavy atom. The number of ether oxygens (including phenoxy) is 1. The summed E-state index contributed by atoms with van der Waals surface area (Å²) < 4.78 is 31.0. The van der Waals surface area contributed by atoms with Crippen LogP contribution in [0, 0.1) is 0 Å². The van der Waals surface area contributed by atoms with Crippen LogP contribution < -0.4 is 4.74 Å². The van der Waals surface area contributed by atoms with E-state index in [1.54, 1.807) is 24.3 Å². The predicted molar refractivity (Wildman–Crippen MR) is 76.3 cm³/mol. The van der Waals surface area contributed by atoms with E-state index in [2.05, 4.69) is 11.9 Å². The fraction of sp³-hybridized carbons (Fsp3) is 0.357. The molecule has 1 aromatic heterocycles. The molecule has 1 heterocycles. The highest BCUT2D eigenvalue weighted by Crippen LogP contribution is 2.18. The Bertz CT molecular complexity index is 619. The van der Waals surface area contributed by atoms with Crippen molar-refractivity contribution in [1.82, 2.24) is 8.96 Å². The van der Waals surface area contributed by atoms with Gasteiger partial charge < -0.3 is 4.74 Å². The summed E-state index contributed by atoms with van der Waals surface area (Å²) in [6.07, 6.45) is 7.39. The topological polar surface area (TPSA) is 61.2 Å². The maximum atomic E-state index is 12.2. The third kappa shape index (κ3) is 3.39. The van der Waals surface area contributed by atoms with Crippen LogP contribution in [-0.4, -0.2) is 24.0 Å². The van der Waals surface area contributed by atoms with Gasteiger partial charge in [-0.25, -0.2) is 17.4 Å². The Labute approximate surface area is 119 Å². The van der Waals surface area contributed by atoms with E-state index < -0.39 is 10.0 Å². The summed E-state index contributed by atoms with van der Waals surface area (Å²) in [6.45, 7) is 2.79. The summed E-state index contributed by atoms with van der Waals surface area (Å²) in [5, 5.41) is 0. The Balaban J connectivity index is 2.05. The predicted octanol–water partition coefficient (Wildman–Crippen LogP) is 2.69. The van der Waals surface area contributed by atoms with Gasteiger partial charge in [0.05, 0.1) is 11.5 Å². The van der Waals surface area contributed by atoms with E-state index in [0.717, 1.165) is 23.2 Å². The smallest absolute Gasteiger partial charge is 0.268 e. The van der Waals surface area contributed by atoms with Crippen LogP contribution in [0.5, 0.6) is 5.75 Å². The molecule has 0 radical (unpaired) electrons. The van der Waals surface area contributed by atoms with Crippen molar-refractivity contribution in [2.45, 2.75) is 31.1 Å². The standard InChI is InChI=1S/C14H18N2O3S/c1-2-3-4-11-19-13-5-7-14(8-6-13)20(17,18)16-10-9-15-12-16/h5-10,12H,2-4,11H2,1H3. The van der Waals surface area contributed by atoms with Crippen molar-refractivity contribution in [1.29, 1.82) is 0 Å². The molecular formula is C14H18N2O3S. The molecule has 0 fully saturated rings. The lowest BCUT2D eigenvalue weighted by Gasteiger charge is -2.08. The van der Waals surface area contributed by atoms with Crippen LogP contribution in [0.4, 0.5) is 0 Å². The molecule has 108 valence electrons. The van der Waals surface area contributed by atoms with Crippen molar-refractivity contribution in [3.8, 4) is 5.75 Å². The molecule has 0 unspecified atom stereocenters. The lowest BCUT2D eigenvalue weighted by Crippen LogP contribution is -2.10. The molecule has 0 aliphatic rings. The van der Waals surface area contributed by atoms with Crippen LogP contribution in [0.2, 0.25) is 0 Å². The fourth-order valence-electron chi connectivity index (χ4n) is 1.76. The number of hydrogen-bond acceptors (Lipinski definition) is 4. The van der Waals surface area contributed by atoms with Gasteiger partial charge in [0.1, 0.15) is 12.1 Å². The Kier molecular flexibility index (Phi) is 4.79. The van der Waals surface area contributed by atoms with Crippen LogP contribution in [0.25, 0.3) is 0 Å². The molecule has 0 saturated heterocycles. The molecule has 0 spiro atoms. The molecule has 0 aliphatic heterocycles. The highest BCUT2D eigenvalue weighted by Gasteiger charge is 2.15. The van der Waals surface area contributed by atoms with Crippen LogP contribution in [0.1, 0.15) is 26.2 Å². The minimum atomic E-state index is -3.54. The zero-order valence-corrected chi connectivity index (χ0v) is 12.2. The fourth-order valence-corrected chi connectivity index (χ4v) is 2.88. The first-order valence-electron chi connectivity index (χ1n) is 6.61. The number of benzene rings is 1. The maximum Gasteiger partial charge on any atom is 0.268 e. The summed E-state index contributed by atoms with van der Waals surface area (Å²) >= 11 is 0. The third-order valence-electron chi connectivity index (χ3n) is 2.90. The molecule has 20 heavy (non-hydrogen) atoms. The van der Waals surface area contributed by atoms with Crippen LogP contribution >= 0.6 is 0 Å². The molecule has 2 aromatic rings.